The molecule has 0 bridgehead atoms. The monoisotopic (exact) mass is 322 g/mol. The smallest absolute Gasteiger partial charge is 0.250 e. The van der Waals surface area contributed by atoms with Crippen LogP contribution in [0.25, 0.3) is 0 Å². The lowest BCUT2D eigenvalue weighted by Gasteiger charge is -2.15. The van der Waals surface area contributed by atoms with E-state index in [1.807, 2.05) is 6.07 Å². The van der Waals surface area contributed by atoms with Gasteiger partial charge in [-0.1, -0.05) is 32.4 Å². The number of thiophene rings is 1. The number of nitrogens with two attached hydrogens (primary N) is 1. The first kappa shape index (κ1) is 15.9. The Labute approximate surface area is 134 Å². The zero-order valence-corrected chi connectivity index (χ0v) is 13.9. The van der Waals surface area contributed by atoms with Crippen LogP contribution in [0, 0.1) is 0 Å². The highest BCUT2D eigenvalue weighted by Crippen LogP contribution is 2.30. The Morgan fingerprint density at radius 3 is 2.52 bits per heavy atom. The van der Waals surface area contributed by atoms with Gasteiger partial charge in [0.15, 0.2) is 0 Å². The fourth-order valence-electron chi connectivity index (χ4n) is 1.89. The Kier molecular flexibility index (Phi) is 4.59. The maximum atomic E-state index is 11.1. The second-order valence-corrected chi connectivity index (χ2v) is 7.50. The first-order chi connectivity index (χ1) is 9.77. The molecule has 1 heterocycles. The van der Waals surface area contributed by atoms with Crippen LogP contribution in [0.1, 0.15) is 40.9 Å². The molecule has 3 N–H and O–H groups in total. The minimum absolute atomic E-state index is 0.176. The van der Waals surface area contributed by atoms with Gasteiger partial charge < -0.3 is 11.1 Å². The summed E-state index contributed by atoms with van der Waals surface area (Å²) in [5.41, 5.74) is 6.62. The van der Waals surface area contributed by atoms with Gasteiger partial charge in [0, 0.05) is 22.0 Å². The largest absolute Gasteiger partial charge is 0.380 e. The number of carbonyl (C=O) groups excluding carboxylic acids is 1. The minimum atomic E-state index is -0.514. The average molecular weight is 323 g/mol. The van der Waals surface area contributed by atoms with E-state index in [0.717, 1.165) is 12.2 Å². The van der Waals surface area contributed by atoms with E-state index in [0.29, 0.717) is 10.6 Å². The molecule has 0 saturated carbocycles. The summed E-state index contributed by atoms with van der Waals surface area (Å²) in [4.78, 5) is 13.7. The van der Waals surface area contributed by atoms with Crippen LogP contribution in [-0.4, -0.2) is 5.91 Å². The maximum Gasteiger partial charge on any atom is 0.250 e. The highest BCUT2D eigenvalue weighted by Gasteiger charge is 2.16. The van der Waals surface area contributed by atoms with Gasteiger partial charge in [-0.15, -0.1) is 11.3 Å². The van der Waals surface area contributed by atoms with E-state index < -0.39 is 5.91 Å². The van der Waals surface area contributed by atoms with Crippen molar-refractivity contribution in [3.63, 3.8) is 0 Å². The predicted molar refractivity (Wildman–Crippen MR) is 90.3 cm³/mol. The number of benzene rings is 1. The van der Waals surface area contributed by atoms with Gasteiger partial charge in [0.25, 0.3) is 0 Å². The number of nitrogens with one attached hydrogen (secondary N) is 1. The summed E-state index contributed by atoms with van der Waals surface area (Å²) in [5, 5.41) is 3.68. The van der Waals surface area contributed by atoms with Crippen LogP contribution in [0.15, 0.2) is 30.3 Å². The normalized spacial score (nSPS) is 11.4. The van der Waals surface area contributed by atoms with Crippen LogP contribution >= 0.6 is 22.9 Å². The maximum absolute atomic E-state index is 11.1. The summed E-state index contributed by atoms with van der Waals surface area (Å²) < 4.78 is 0. The van der Waals surface area contributed by atoms with Gasteiger partial charge in [-0.05, 0) is 35.7 Å². The van der Waals surface area contributed by atoms with Crippen LogP contribution in [-0.2, 0) is 12.0 Å². The standard InChI is InChI=1S/C16H19ClN2OS/c1-16(2,3)14-7-5-11(21-14)9-19-10-4-6-12(15(18)20)13(17)8-10/h4-8,19H,9H2,1-3H3,(H2,18,20). The Hall–Kier alpha value is -1.52. The van der Waals surface area contributed by atoms with Crippen molar-refractivity contribution in [2.24, 2.45) is 5.73 Å². The Balaban J connectivity index is 2.05. The third-order valence-corrected chi connectivity index (χ3v) is 4.93. The van der Waals surface area contributed by atoms with Crippen LogP contribution in [0.2, 0.25) is 5.02 Å². The Morgan fingerprint density at radius 2 is 2.00 bits per heavy atom. The third-order valence-electron chi connectivity index (χ3n) is 3.10. The van der Waals surface area contributed by atoms with E-state index in [9.17, 15) is 4.79 Å². The zero-order valence-electron chi connectivity index (χ0n) is 12.4. The first-order valence-corrected chi connectivity index (χ1v) is 7.89. The molecule has 1 amide bonds. The van der Waals surface area contributed by atoms with Crippen LogP contribution in [0.4, 0.5) is 5.69 Å². The lowest BCUT2D eigenvalue weighted by Crippen LogP contribution is -2.11. The predicted octanol–water partition coefficient (Wildman–Crippen LogP) is 4.41. The van der Waals surface area contributed by atoms with Crippen LogP contribution in [0.3, 0.4) is 0 Å². The van der Waals surface area contributed by atoms with Crippen LogP contribution in [0.5, 0.6) is 0 Å². The van der Waals surface area contributed by atoms with Crippen molar-refractivity contribution in [1.29, 1.82) is 0 Å². The molecular weight excluding hydrogens is 304 g/mol. The van der Waals surface area contributed by atoms with E-state index in [4.69, 9.17) is 17.3 Å². The van der Waals surface area contributed by atoms with Crippen molar-refractivity contribution in [3.8, 4) is 0 Å². The average Bonchev–Trinajstić information content (AvgIpc) is 2.84. The van der Waals surface area contributed by atoms with Crippen molar-refractivity contribution in [3.05, 3.63) is 50.7 Å². The van der Waals surface area contributed by atoms with Crippen molar-refractivity contribution in [1.82, 2.24) is 0 Å². The van der Waals surface area contributed by atoms with Gasteiger partial charge in [0.2, 0.25) is 5.91 Å². The molecule has 21 heavy (non-hydrogen) atoms. The summed E-state index contributed by atoms with van der Waals surface area (Å²) in [6.45, 7) is 7.35. The van der Waals surface area contributed by atoms with Crippen molar-refractivity contribution < 1.29 is 4.79 Å². The molecule has 0 spiro atoms. The lowest BCUT2D eigenvalue weighted by atomic mass is 9.95. The minimum Gasteiger partial charge on any atom is -0.380 e. The number of anilines is 1. The molecule has 112 valence electrons. The van der Waals surface area contributed by atoms with E-state index in [-0.39, 0.29) is 5.41 Å². The Bertz CT molecular complexity index is 659. The summed E-state index contributed by atoms with van der Waals surface area (Å²) >= 11 is 7.83. The number of rotatable bonds is 4. The molecular formula is C16H19ClN2OS. The van der Waals surface area contributed by atoms with Crippen molar-refractivity contribution >= 4 is 34.5 Å². The van der Waals surface area contributed by atoms with E-state index >= 15 is 0 Å². The van der Waals surface area contributed by atoms with Crippen molar-refractivity contribution in [2.45, 2.75) is 32.7 Å². The summed E-state index contributed by atoms with van der Waals surface area (Å²) in [5.74, 6) is -0.514. The number of primary amides is 1. The number of hydrogen-bond donors (Lipinski definition) is 2. The molecule has 1 aromatic carbocycles. The fourth-order valence-corrected chi connectivity index (χ4v) is 3.17. The highest BCUT2D eigenvalue weighted by atomic mass is 35.5. The molecule has 3 nitrogen and oxygen atoms in total. The van der Waals surface area contributed by atoms with Gasteiger partial charge in [-0.25, -0.2) is 0 Å². The van der Waals surface area contributed by atoms with E-state index in [1.165, 1.54) is 9.75 Å². The topological polar surface area (TPSA) is 55.1 Å². The molecule has 0 saturated heterocycles. The molecule has 0 unspecified atom stereocenters. The molecule has 0 fully saturated rings. The van der Waals surface area contributed by atoms with Crippen molar-refractivity contribution in [2.75, 3.05) is 5.32 Å². The van der Waals surface area contributed by atoms with Gasteiger partial charge in [0.1, 0.15) is 0 Å². The quantitative estimate of drug-likeness (QED) is 0.876. The molecule has 0 radical (unpaired) electrons. The second kappa shape index (κ2) is 6.08. The molecule has 0 aliphatic carbocycles. The molecule has 2 aromatic rings. The van der Waals surface area contributed by atoms with E-state index in [1.54, 1.807) is 23.5 Å². The molecule has 0 atom stereocenters. The summed E-state index contributed by atoms with van der Waals surface area (Å²) in [6.07, 6.45) is 0. The zero-order chi connectivity index (χ0) is 15.6. The molecule has 5 heteroatoms. The van der Waals surface area contributed by atoms with Gasteiger partial charge >= 0.3 is 0 Å². The number of halogens is 1. The second-order valence-electron chi connectivity index (χ2n) is 5.93. The molecule has 1 aromatic heterocycles. The Morgan fingerprint density at radius 1 is 1.29 bits per heavy atom. The van der Waals surface area contributed by atoms with E-state index in [2.05, 4.69) is 38.2 Å². The lowest BCUT2D eigenvalue weighted by molar-refractivity contribution is 0.100. The van der Waals surface area contributed by atoms with Gasteiger partial charge in [-0.3, -0.25) is 4.79 Å². The molecule has 2 rings (SSSR count). The molecule has 0 aliphatic rings. The highest BCUT2D eigenvalue weighted by molar-refractivity contribution is 7.12. The molecule has 0 aliphatic heterocycles. The van der Waals surface area contributed by atoms with Gasteiger partial charge in [0.05, 0.1) is 10.6 Å². The third kappa shape index (κ3) is 3.99. The van der Waals surface area contributed by atoms with Gasteiger partial charge in [-0.2, -0.15) is 0 Å². The summed E-state index contributed by atoms with van der Waals surface area (Å²) in [7, 11) is 0. The SMILES string of the molecule is CC(C)(C)c1ccc(CNc2ccc(C(N)=O)c(Cl)c2)s1. The number of hydrogen-bond acceptors (Lipinski definition) is 3. The number of amides is 1. The van der Waals surface area contributed by atoms with Crippen LogP contribution < -0.4 is 11.1 Å². The first-order valence-electron chi connectivity index (χ1n) is 6.70. The number of carbonyl (C=O) groups is 1. The summed E-state index contributed by atoms with van der Waals surface area (Å²) in [6, 6.07) is 9.48. The fraction of sp³-hybridized carbons (Fsp3) is 0.312.